The summed E-state index contributed by atoms with van der Waals surface area (Å²) in [4.78, 5) is 11.9. The van der Waals surface area contributed by atoms with Gasteiger partial charge < -0.3 is 10.1 Å². The number of hydrogen-bond acceptors (Lipinski definition) is 4. The summed E-state index contributed by atoms with van der Waals surface area (Å²) in [5.41, 5.74) is 2.21. The van der Waals surface area contributed by atoms with Crippen LogP contribution in [0, 0.1) is 18.3 Å². The second-order valence-corrected chi connectivity index (χ2v) is 6.18. The molecule has 0 atom stereocenters. The highest BCUT2D eigenvalue weighted by atomic mass is 79.9. The van der Waals surface area contributed by atoms with Gasteiger partial charge in [0.15, 0.2) is 11.7 Å². The third kappa shape index (κ3) is 5.33. The molecule has 0 saturated carbocycles. The number of nitriles is 1. The lowest BCUT2D eigenvalue weighted by atomic mass is 10.2. The molecule has 0 aliphatic carbocycles. The minimum absolute atomic E-state index is 0.140. The van der Waals surface area contributed by atoms with Crippen LogP contribution in [0.1, 0.15) is 11.1 Å². The van der Waals surface area contributed by atoms with E-state index in [9.17, 15) is 4.79 Å². The maximum atomic E-state index is 11.9. The summed E-state index contributed by atoms with van der Waals surface area (Å²) in [5.74, 6) is 0.202. The first kappa shape index (κ1) is 17.9. The number of carbonyl (C=O) groups is 1. The predicted octanol–water partition coefficient (Wildman–Crippen LogP) is 3.52. The van der Waals surface area contributed by atoms with E-state index < -0.39 is 0 Å². The molecule has 0 bridgehead atoms. The largest absolute Gasteiger partial charge is 0.483 e. The van der Waals surface area contributed by atoms with Crippen LogP contribution in [0.4, 0.5) is 5.69 Å². The van der Waals surface area contributed by atoms with Crippen molar-refractivity contribution in [3.63, 3.8) is 0 Å². The van der Waals surface area contributed by atoms with Crippen LogP contribution in [0.15, 0.2) is 46.9 Å². The van der Waals surface area contributed by atoms with Crippen molar-refractivity contribution in [2.24, 2.45) is 0 Å². The van der Waals surface area contributed by atoms with Gasteiger partial charge >= 0.3 is 0 Å². The maximum absolute atomic E-state index is 11.9. The number of anilines is 1. The van der Waals surface area contributed by atoms with Crippen LogP contribution in [0.3, 0.4) is 0 Å². The summed E-state index contributed by atoms with van der Waals surface area (Å²) in [6.07, 6.45) is 0. The molecule has 2 aromatic rings. The molecule has 0 heterocycles. The molecule has 1 amide bonds. The van der Waals surface area contributed by atoms with Crippen molar-refractivity contribution in [2.75, 3.05) is 11.9 Å². The molecule has 2 rings (SSSR count). The van der Waals surface area contributed by atoms with Gasteiger partial charge in [-0.05, 0) is 71.0 Å². The molecule has 2 aromatic carbocycles. The number of thiocarbonyl (C=S) groups is 1. The molecule has 0 spiro atoms. The van der Waals surface area contributed by atoms with Crippen molar-refractivity contribution >= 4 is 44.9 Å². The smallest absolute Gasteiger partial charge is 0.264 e. The third-order valence-corrected chi connectivity index (χ3v) is 3.77. The Morgan fingerprint density at radius 3 is 2.83 bits per heavy atom. The van der Waals surface area contributed by atoms with Gasteiger partial charge in [-0.2, -0.15) is 5.26 Å². The van der Waals surface area contributed by atoms with Crippen LogP contribution in [0.2, 0.25) is 0 Å². The molecule has 122 valence electrons. The fraction of sp³-hybridized carbons (Fsp3) is 0.118. The fourth-order valence-electron chi connectivity index (χ4n) is 1.86. The minimum Gasteiger partial charge on any atom is -0.483 e. The Bertz CT molecular complexity index is 818. The SMILES string of the molecule is Cc1ccc(OCC(=O)NC(=S)Nc2cccc(C#N)c2)c(Br)c1. The monoisotopic (exact) mass is 403 g/mol. The zero-order chi connectivity index (χ0) is 17.5. The standard InChI is InChI=1S/C17H14BrN3O2S/c1-11-5-6-15(14(18)7-11)23-10-16(22)21-17(24)20-13-4-2-3-12(8-13)9-19/h2-8H,10H2,1H3,(H2,20,21,22,24). The minimum atomic E-state index is -0.378. The second kappa shape index (κ2) is 8.43. The van der Waals surface area contributed by atoms with E-state index in [1.807, 2.05) is 25.1 Å². The molecule has 0 aromatic heterocycles. The number of amides is 1. The van der Waals surface area contributed by atoms with Gasteiger partial charge in [0.1, 0.15) is 5.75 Å². The lowest BCUT2D eigenvalue weighted by molar-refractivity contribution is -0.121. The van der Waals surface area contributed by atoms with Crippen molar-refractivity contribution in [1.29, 1.82) is 5.26 Å². The number of nitrogens with one attached hydrogen (secondary N) is 2. The zero-order valence-electron chi connectivity index (χ0n) is 12.8. The van der Waals surface area contributed by atoms with Gasteiger partial charge in [-0.3, -0.25) is 10.1 Å². The van der Waals surface area contributed by atoms with Crippen molar-refractivity contribution < 1.29 is 9.53 Å². The van der Waals surface area contributed by atoms with Gasteiger partial charge in [-0.25, -0.2) is 0 Å². The van der Waals surface area contributed by atoms with E-state index in [1.165, 1.54) is 0 Å². The molecule has 5 nitrogen and oxygen atoms in total. The quantitative estimate of drug-likeness (QED) is 0.763. The highest BCUT2D eigenvalue weighted by Crippen LogP contribution is 2.25. The summed E-state index contributed by atoms with van der Waals surface area (Å²) in [7, 11) is 0. The molecule has 2 N–H and O–H groups in total. The van der Waals surface area contributed by atoms with Crippen LogP contribution in [-0.4, -0.2) is 17.6 Å². The van der Waals surface area contributed by atoms with Crippen molar-refractivity contribution in [2.45, 2.75) is 6.92 Å². The van der Waals surface area contributed by atoms with Crippen LogP contribution in [0.25, 0.3) is 0 Å². The van der Waals surface area contributed by atoms with E-state index in [2.05, 4.69) is 26.6 Å². The normalized spacial score (nSPS) is 9.71. The number of ether oxygens (including phenoxy) is 1. The predicted molar refractivity (Wildman–Crippen MR) is 99.9 cm³/mol. The van der Waals surface area contributed by atoms with Crippen LogP contribution in [-0.2, 0) is 4.79 Å². The highest BCUT2D eigenvalue weighted by molar-refractivity contribution is 9.10. The van der Waals surface area contributed by atoms with Gasteiger partial charge in [-0.15, -0.1) is 0 Å². The Morgan fingerprint density at radius 1 is 1.33 bits per heavy atom. The number of carbonyl (C=O) groups excluding carboxylic acids is 1. The number of rotatable bonds is 4. The third-order valence-electron chi connectivity index (χ3n) is 2.95. The summed E-state index contributed by atoms with van der Waals surface area (Å²) in [6.45, 7) is 1.80. The molecule has 0 aliphatic rings. The van der Waals surface area contributed by atoms with Crippen molar-refractivity contribution in [3.05, 3.63) is 58.1 Å². The average molecular weight is 404 g/mol. The van der Waals surface area contributed by atoms with E-state index in [0.29, 0.717) is 17.0 Å². The molecule has 7 heteroatoms. The van der Waals surface area contributed by atoms with E-state index in [4.69, 9.17) is 22.2 Å². The fourth-order valence-corrected chi connectivity index (χ4v) is 2.70. The van der Waals surface area contributed by atoms with Crippen LogP contribution < -0.4 is 15.4 Å². The van der Waals surface area contributed by atoms with Gasteiger partial charge in [-0.1, -0.05) is 12.1 Å². The highest BCUT2D eigenvalue weighted by Gasteiger charge is 2.08. The lowest BCUT2D eigenvalue weighted by Crippen LogP contribution is -2.37. The summed E-state index contributed by atoms with van der Waals surface area (Å²) >= 11 is 8.46. The Kier molecular flexibility index (Phi) is 6.29. The van der Waals surface area contributed by atoms with Crippen LogP contribution in [0.5, 0.6) is 5.75 Å². The topological polar surface area (TPSA) is 74.2 Å². The molecule has 0 unspecified atom stereocenters. The maximum Gasteiger partial charge on any atom is 0.264 e. The first-order valence-electron chi connectivity index (χ1n) is 6.98. The lowest BCUT2D eigenvalue weighted by Gasteiger charge is -2.11. The number of halogens is 1. The zero-order valence-corrected chi connectivity index (χ0v) is 15.2. The molecule has 24 heavy (non-hydrogen) atoms. The summed E-state index contributed by atoms with van der Waals surface area (Å²) < 4.78 is 6.23. The van der Waals surface area contributed by atoms with E-state index >= 15 is 0 Å². The number of nitrogens with zero attached hydrogens (tertiary/aromatic N) is 1. The summed E-state index contributed by atoms with van der Waals surface area (Å²) in [5, 5.41) is 14.4. The Balaban J connectivity index is 1.85. The van der Waals surface area contributed by atoms with E-state index in [0.717, 1.165) is 10.0 Å². The molecular weight excluding hydrogens is 390 g/mol. The molecule has 0 saturated heterocycles. The van der Waals surface area contributed by atoms with E-state index in [1.54, 1.807) is 30.3 Å². The second-order valence-electron chi connectivity index (χ2n) is 4.92. The van der Waals surface area contributed by atoms with Gasteiger partial charge in [0.2, 0.25) is 0 Å². The van der Waals surface area contributed by atoms with Crippen molar-refractivity contribution in [3.8, 4) is 11.8 Å². The van der Waals surface area contributed by atoms with Gasteiger partial charge in [0, 0.05) is 5.69 Å². The summed E-state index contributed by atoms with van der Waals surface area (Å²) in [6, 6.07) is 14.4. The Hall–Kier alpha value is -2.43. The van der Waals surface area contributed by atoms with Crippen molar-refractivity contribution in [1.82, 2.24) is 5.32 Å². The number of aryl methyl sites for hydroxylation is 1. The number of hydrogen-bond donors (Lipinski definition) is 2. The first-order chi connectivity index (χ1) is 11.5. The molecule has 0 aliphatic heterocycles. The van der Waals surface area contributed by atoms with Gasteiger partial charge in [0.25, 0.3) is 5.91 Å². The number of benzene rings is 2. The Morgan fingerprint density at radius 2 is 2.12 bits per heavy atom. The Labute approximate surface area is 153 Å². The molecule has 0 radical (unpaired) electrons. The van der Waals surface area contributed by atoms with E-state index in [-0.39, 0.29) is 17.6 Å². The first-order valence-corrected chi connectivity index (χ1v) is 8.18. The molecule has 0 fully saturated rings. The molecular formula is C17H14BrN3O2S. The average Bonchev–Trinajstić information content (AvgIpc) is 2.54. The van der Waals surface area contributed by atoms with Gasteiger partial charge in [0.05, 0.1) is 16.1 Å². The van der Waals surface area contributed by atoms with Crippen LogP contribution >= 0.6 is 28.1 Å².